The molecular formula is C11H8ClFN2O3S. The van der Waals surface area contributed by atoms with Crippen LogP contribution in [-0.2, 0) is 0 Å². The molecule has 1 aromatic carbocycles. The molecular weight excluding hydrogens is 295 g/mol. The van der Waals surface area contributed by atoms with E-state index < -0.39 is 18.0 Å². The molecule has 0 radical (unpaired) electrons. The van der Waals surface area contributed by atoms with Crippen molar-refractivity contribution in [1.29, 1.82) is 0 Å². The van der Waals surface area contributed by atoms with Gasteiger partial charge in [-0.2, -0.15) is 0 Å². The van der Waals surface area contributed by atoms with Gasteiger partial charge < -0.3 is 10.2 Å². The molecule has 1 amide bonds. The van der Waals surface area contributed by atoms with Crippen molar-refractivity contribution in [2.75, 3.05) is 5.32 Å². The maximum atomic E-state index is 13.2. The number of halogens is 2. The van der Waals surface area contributed by atoms with Crippen LogP contribution in [-0.4, -0.2) is 21.3 Å². The van der Waals surface area contributed by atoms with Crippen LogP contribution in [0.1, 0.15) is 16.5 Å². The first-order valence-corrected chi connectivity index (χ1v) is 6.25. The molecule has 5 nitrogen and oxygen atoms in total. The lowest BCUT2D eigenvalue weighted by atomic mass is 10.1. The van der Waals surface area contributed by atoms with Gasteiger partial charge in [0.25, 0.3) is 0 Å². The summed E-state index contributed by atoms with van der Waals surface area (Å²) in [5.74, 6) is -0.560. The second kappa shape index (κ2) is 5.52. The quantitative estimate of drug-likeness (QED) is 0.813. The van der Waals surface area contributed by atoms with Crippen molar-refractivity contribution >= 4 is 34.2 Å². The summed E-state index contributed by atoms with van der Waals surface area (Å²) < 4.78 is 13.2. The molecule has 1 heterocycles. The monoisotopic (exact) mass is 302 g/mol. The third kappa shape index (κ3) is 3.40. The van der Waals surface area contributed by atoms with Gasteiger partial charge >= 0.3 is 6.09 Å². The molecule has 19 heavy (non-hydrogen) atoms. The van der Waals surface area contributed by atoms with Crippen molar-refractivity contribution in [1.82, 2.24) is 4.98 Å². The van der Waals surface area contributed by atoms with Gasteiger partial charge in [-0.25, -0.2) is 14.2 Å². The van der Waals surface area contributed by atoms with Gasteiger partial charge in [-0.3, -0.25) is 5.32 Å². The van der Waals surface area contributed by atoms with Gasteiger partial charge in [-0.15, -0.1) is 0 Å². The summed E-state index contributed by atoms with van der Waals surface area (Å²) in [6.45, 7) is 0. The van der Waals surface area contributed by atoms with Gasteiger partial charge in [0.05, 0.1) is 4.88 Å². The Labute approximate surface area is 116 Å². The van der Waals surface area contributed by atoms with E-state index in [0.717, 1.165) is 23.5 Å². The van der Waals surface area contributed by atoms with Crippen LogP contribution < -0.4 is 5.32 Å². The summed E-state index contributed by atoms with van der Waals surface area (Å²) in [7, 11) is 0. The predicted octanol–water partition coefficient (Wildman–Crippen LogP) is 3.11. The second-order valence-electron chi connectivity index (χ2n) is 3.60. The Balaban J connectivity index is 2.25. The zero-order valence-corrected chi connectivity index (χ0v) is 10.9. The number of nitrogens with one attached hydrogen (secondary N) is 1. The number of carbonyl (C=O) groups is 1. The summed E-state index contributed by atoms with van der Waals surface area (Å²) in [5, 5.41) is 21.0. The number of hydrogen-bond acceptors (Lipinski definition) is 4. The molecule has 2 aromatic rings. The molecule has 0 spiro atoms. The Morgan fingerprint density at radius 2 is 2.21 bits per heavy atom. The Hall–Kier alpha value is -1.70. The van der Waals surface area contributed by atoms with Crippen LogP contribution in [0.4, 0.5) is 14.3 Å². The van der Waals surface area contributed by atoms with Gasteiger partial charge in [0, 0.05) is 11.2 Å². The van der Waals surface area contributed by atoms with E-state index in [1.807, 2.05) is 0 Å². The summed E-state index contributed by atoms with van der Waals surface area (Å²) in [6.07, 6.45) is -1.04. The minimum atomic E-state index is -1.25. The minimum Gasteiger partial charge on any atom is -0.465 e. The predicted molar refractivity (Wildman–Crippen MR) is 69.2 cm³/mol. The fourth-order valence-corrected chi connectivity index (χ4v) is 2.51. The molecule has 1 aromatic heterocycles. The van der Waals surface area contributed by atoms with E-state index in [1.54, 1.807) is 0 Å². The topological polar surface area (TPSA) is 82.5 Å². The van der Waals surface area contributed by atoms with Crippen LogP contribution in [0, 0.1) is 5.82 Å². The number of thiazole rings is 1. The van der Waals surface area contributed by atoms with Crippen molar-refractivity contribution in [3.63, 3.8) is 0 Å². The molecule has 0 bridgehead atoms. The number of nitrogens with zero attached hydrogens (tertiary/aromatic N) is 1. The van der Waals surface area contributed by atoms with E-state index in [9.17, 15) is 14.3 Å². The Kier molecular flexibility index (Phi) is 3.98. The lowest BCUT2D eigenvalue weighted by molar-refractivity contribution is 0.209. The number of amides is 1. The smallest absolute Gasteiger partial charge is 0.410 e. The first kappa shape index (κ1) is 13.7. The highest BCUT2D eigenvalue weighted by atomic mass is 35.5. The standard InChI is InChI=1S/C11H8ClFN2O3S/c12-6-1-5(2-7(13)3-6)9(16)8-4-14-10(19-8)15-11(17)18/h1-4,9,16H,(H,14,15)(H,17,18). The Morgan fingerprint density at radius 3 is 2.84 bits per heavy atom. The minimum absolute atomic E-state index is 0.129. The largest absolute Gasteiger partial charge is 0.465 e. The van der Waals surface area contributed by atoms with Crippen molar-refractivity contribution < 1.29 is 19.4 Å². The second-order valence-corrected chi connectivity index (χ2v) is 5.10. The molecule has 3 N–H and O–H groups in total. The number of benzene rings is 1. The van der Waals surface area contributed by atoms with Crippen molar-refractivity contribution in [3.05, 3.63) is 45.7 Å². The van der Waals surface area contributed by atoms with E-state index in [0.29, 0.717) is 4.88 Å². The number of aliphatic hydroxyl groups is 1. The average Bonchev–Trinajstić information content (AvgIpc) is 2.74. The molecule has 2 rings (SSSR count). The third-order valence-electron chi connectivity index (χ3n) is 2.21. The van der Waals surface area contributed by atoms with Gasteiger partial charge in [-0.1, -0.05) is 22.9 Å². The van der Waals surface area contributed by atoms with Crippen LogP contribution in [0.15, 0.2) is 24.4 Å². The van der Waals surface area contributed by atoms with Crippen molar-refractivity contribution in [2.24, 2.45) is 0 Å². The number of aromatic nitrogens is 1. The molecule has 100 valence electrons. The Bertz CT molecular complexity index is 599. The lowest BCUT2D eigenvalue weighted by Gasteiger charge is -2.08. The van der Waals surface area contributed by atoms with E-state index in [2.05, 4.69) is 10.3 Å². The zero-order valence-electron chi connectivity index (χ0n) is 9.30. The molecule has 0 aliphatic heterocycles. The fourth-order valence-electron chi connectivity index (χ4n) is 1.46. The number of carboxylic acid groups (broad SMARTS) is 1. The van der Waals surface area contributed by atoms with E-state index in [1.165, 1.54) is 12.3 Å². The Morgan fingerprint density at radius 1 is 1.47 bits per heavy atom. The molecule has 0 saturated carbocycles. The highest BCUT2D eigenvalue weighted by Gasteiger charge is 2.16. The molecule has 1 unspecified atom stereocenters. The SMILES string of the molecule is O=C(O)Nc1ncc(C(O)c2cc(F)cc(Cl)c2)s1. The maximum Gasteiger partial charge on any atom is 0.410 e. The van der Waals surface area contributed by atoms with Crippen molar-refractivity contribution in [2.45, 2.75) is 6.10 Å². The molecule has 0 aliphatic rings. The van der Waals surface area contributed by atoms with E-state index >= 15 is 0 Å². The average molecular weight is 303 g/mol. The maximum absolute atomic E-state index is 13.2. The van der Waals surface area contributed by atoms with E-state index in [-0.39, 0.29) is 15.7 Å². The van der Waals surface area contributed by atoms with Crippen LogP contribution in [0.2, 0.25) is 5.02 Å². The van der Waals surface area contributed by atoms with Crippen molar-refractivity contribution in [3.8, 4) is 0 Å². The first-order valence-electron chi connectivity index (χ1n) is 5.05. The van der Waals surface area contributed by atoms with Crippen LogP contribution in [0.5, 0.6) is 0 Å². The molecule has 0 fully saturated rings. The number of rotatable bonds is 3. The normalized spacial score (nSPS) is 12.2. The summed E-state index contributed by atoms with van der Waals surface area (Å²) in [5.41, 5.74) is 0.274. The highest BCUT2D eigenvalue weighted by Crippen LogP contribution is 2.30. The number of anilines is 1. The third-order valence-corrected chi connectivity index (χ3v) is 3.39. The number of aliphatic hydroxyl groups excluding tert-OH is 1. The first-order chi connectivity index (χ1) is 8.95. The van der Waals surface area contributed by atoms with E-state index in [4.69, 9.17) is 16.7 Å². The van der Waals surface area contributed by atoms with Gasteiger partial charge in [0.15, 0.2) is 5.13 Å². The van der Waals surface area contributed by atoms with Gasteiger partial charge in [-0.05, 0) is 23.8 Å². The van der Waals surface area contributed by atoms with Crippen LogP contribution in [0.3, 0.4) is 0 Å². The van der Waals surface area contributed by atoms with Crippen LogP contribution in [0.25, 0.3) is 0 Å². The molecule has 8 heteroatoms. The summed E-state index contributed by atoms with van der Waals surface area (Å²) >= 11 is 6.66. The summed E-state index contributed by atoms with van der Waals surface area (Å²) in [6, 6.07) is 3.71. The molecule has 0 aliphatic carbocycles. The summed E-state index contributed by atoms with van der Waals surface area (Å²) in [4.78, 5) is 14.6. The fraction of sp³-hybridized carbons (Fsp3) is 0.0909. The number of hydrogen-bond donors (Lipinski definition) is 3. The van der Waals surface area contributed by atoms with Gasteiger partial charge in [0.1, 0.15) is 11.9 Å². The zero-order chi connectivity index (χ0) is 14.0. The van der Waals surface area contributed by atoms with Crippen LogP contribution >= 0.6 is 22.9 Å². The lowest BCUT2D eigenvalue weighted by Crippen LogP contribution is -2.06. The molecule has 0 saturated heterocycles. The highest BCUT2D eigenvalue weighted by molar-refractivity contribution is 7.15. The molecule has 1 atom stereocenters. The van der Waals surface area contributed by atoms with Gasteiger partial charge in [0.2, 0.25) is 0 Å².